The zero-order valence-corrected chi connectivity index (χ0v) is 16.8. The van der Waals surface area contributed by atoms with Gasteiger partial charge in [0.2, 0.25) is 0 Å². The van der Waals surface area contributed by atoms with Crippen LogP contribution in [0.1, 0.15) is 30.6 Å². The highest BCUT2D eigenvalue weighted by atomic mass is 35.5. The molecule has 0 saturated carbocycles. The molecule has 0 aliphatic rings. The summed E-state index contributed by atoms with van der Waals surface area (Å²) in [6.07, 6.45) is 1.38. The maximum absolute atomic E-state index is 10.5. The molecule has 138 valence electrons. The van der Waals surface area contributed by atoms with Crippen LogP contribution in [0.4, 0.5) is 5.69 Å². The first-order valence-corrected chi connectivity index (χ1v) is 8.80. The zero-order chi connectivity index (χ0) is 17.7. The second kappa shape index (κ2) is 10.2. The number of aliphatic hydroxyl groups is 1. The summed E-state index contributed by atoms with van der Waals surface area (Å²) in [5, 5.41) is 11.2. The van der Waals surface area contributed by atoms with Gasteiger partial charge in [0, 0.05) is 12.6 Å². The molecule has 6 heteroatoms. The van der Waals surface area contributed by atoms with Crippen LogP contribution in [0.25, 0.3) is 0 Å². The minimum Gasteiger partial charge on any atom is -0.396 e. The number of nitrogens with two attached hydrogens (primary N) is 1. The van der Waals surface area contributed by atoms with Crippen molar-refractivity contribution in [3.05, 3.63) is 63.6 Å². The van der Waals surface area contributed by atoms with Crippen molar-refractivity contribution >= 4 is 41.3 Å². The lowest BCUT2D eigenvalue weighted by Crippen LogP contribution is -2.33. The molecule has 2 rings (SSSR count). The number of hydrogen-bond donors (Lipinski definition) is 2. The molecular weight excluding hydrogens is 379 g/mol. The molecule has 25 heavy (non-hydrogen) atoms. The maximum atomic E-state index is 10.5. The van der Waals surface area contributed by atoms with E-state index in [0.717, 1.165) is 12.8 Å². The van der Waals surface area contributed by atoms with E-state index in [1.54, 1.807) is 12.1 Å². The van der Waals surface area contributed by atoms with Gasteiger partial charge >= 0.3 is 0 Å². The summed E-state index contributed by atoms with van der Waals surface area (Å²) >= 11 is 12.1. The molecule has 0 radical (unpaired) electrons. The maximum Gasteiger partial charge on any atom is 0.0917 e. The molecule has 2 aromatic rings. The second-order valence-electron chi connectivity index (χ2n) is 6.23. The van der Waals surface area contributed by atoms with Crippen molar-refractivity contribution in [2.75, 3.05) is 19.3 Å². The molecule has 0 fully saturated rings. The van der Waals surface area contributed by atoms with Gasteiger partial charge in [0.1, 0.15) is 0 Å². The fourth-order valence-corrected chi connectivity index (χ4v) is 3.10. The Hall–Kier alpha value is -0.970. The third-order valence-electron chi connectivity index (χ3n) is 4.39. The van der Waals surface area contributed by atoms with Gasteiger partial charge < -0.3 is 15.7 Å². The minimum absolute atomic E-state index is 0. The van der Waals surface area contributed by atoms with E-state index < -0.39 is 6.10 Å². The monoisotopic (exact) mass is 402 g/mol. The predicted molar refractivity (Wildman–Crippen MR) is 110 cm³/mol. The average molecular weight is 404 g/mol. The molecule has 2 atom stereocenters. The summed E-state index contributed by atoms with van der Waals surface area (Å²) in [4.78, 5) is 2.14. The number of nitrogen functional groups attached to an aromatic ring is 1. The highest BCUT2D eigenvalue weighted by Gasteiger charge is 2.17. The second-order valence-corrected chi connectivity index (χ2v) is 7.04. The van der Waals surface area contributed by atoms with Gasteiger partial charge in [-0.05, 0) is 50.1 Å². The molecule has 0 bridgehead atoms. The van der Waals surface area contributed by atoms with Crippen LogP contribution in [0.5, 0.6) is 0 Å². The summed E-state index contributed by atoms with van der Waals surface area (Å²) in [6.45, 7) is 2.67. The van der Waals surface area contributed by atoms with Crippen molar-refractivity contribution in [3.8, 4) is 0 Å². The minimum atomic E-state index is -0.662. The summed E-state index contributed by atoms with van der Waals surface area (Å²) in [5.74, 6) is 0. The highest BCUT2D eigenvalue weighted by Crippen LogP contribution is 2.31. The van der Waals surface area contributed by atoms with Crippen LogP contribution in [0, 0.1) is 0 Å². The molecule has 2 unspecified atom stereocenters. The lowest BCUT2D eigenvalue weighted by atomic mass is 10.0. The summed E-state index contributed by atoms with van der Waals surface area (Å²) in [7, 11) is 2.01. The predicted octanol–water partition coefficient (Wildman–Crippen LogP) is 4.98. The molecule has 0 aromatic heterocycles. The van der Waals surface area contributed by atoms with Crippen molar-refractivity contribution in [1.82, 2.24) is 4.90 Å². The topological polar surface area (TPSA) is 49.5 Å². The first kappa shape index (κ1) is 22.1. The van der Waals surface area contributed by atoms with Gasteiger partial charge in [0.05, 0.1) is 21.8 Å². The Balaban J connectivity index is 0.00000312. The Morgan fingerprint density at radius 3 is 2.24 bits per heavy atom. The Morgan fingerprint density at radius 1 is 1.12 bits per heavy atom. The quantitative estimate of drug-likeness (QED) is 0.641. The highest BCUT2D eigenvalue weighted by molar-refractivity contribution is 6.38. The van der Waals surface area contributed by atoms with Gasteiger partial charge in [-0.15, -0.1) is 12.4 Å². The van der Waals surface area contributed by atoms with Crippen LogP contribution in [0.2, 0.25) is 10.0 Å². The summed E-state index contributed by atoms with van der Waals surface area (Å²) in [6, 6.07) is 14.1. The van der Waals surface area contributed by atoms with Crippen LogP contribution >= 0.6 is 35.6 Å². The van der Waals surface area contributed by atoms with Crippen molar-refractivity contribution in [3.63, 3.8) is 0 Å². The Bertz CT molecular complexity index is 644. The lowest BCUT2D eigenvalue weighted by molar-refractivity contribution is 0.106. The lowest BCUT2D eigenvalue weighted by Gasteiger charge is -2.27. The first-order valence-electron chi connectivity index (χ1n) is 8.05. The Labute approximate surface area is 166 Å². The molecule has 0 spiro atoms. The Morgan fingerprint density at radius 2 is 1.68 bits per heavy atom. The summed E-state index contributed by atoms with van der Waals surface area (Å²) < 4.78 is 0. The van der Waals surface area contributed by atoms with E-state index >= 15 is 0 Å². The molecule has 2 aromatic carbocycles. The van der Waals surface area contributed by atoms with Crippen LogP contribution < -0.4 is 5.73 Å². The molecule has 3 N–H and O–H groups in total. The number of anilines is 1. The molecule has 0 heterocycles. The smallest absolute Gasteiger partial charge is 0.0917 e. The van der Waals surface area contributed by atoms with Crippen LogP contribution in [0.3, 0.4) is 0 Å². The number of halogens is 3. The third-order valence-corrected chi connectivity index (χ3v) is 5.02. The number of likely N-dealkylation sites (N-methyl/N-ethyl adjacent to an activating group) is 1. The number of benzene rings is 2. The molecule has 0 aliphatic heterocycles. The van der Waals surface area contributed by atoms with Gasteiger partial charge in [-0.25, -0.2) is 0 Å². The van der Waals surface area contributed by atoms with Crippen LogP contribution in [-0.4, -0.2) is 29.6 Å². The normalized spacial score (nSPS) is 13.4. The largest absolute Gasteiger partial charge is 0.396 e. The van der Waals surface area contributed by atoms with Crippen molar-refractivity contribution in [1.29, 1.82) is 0 Å². The SMILES string of the molecule is CC(CCc1ccccc1)N(C)CC(O)c1cc(Cl)c(N)c(Cl)c1.Cl. The fourth-order valence-electron chi connectivity index (χ4n) is 2.60. The zero-order valence-electron chi connectivity index (χ0n) is 14.5. The first-order chi connectivity index (χ1) is 11.4. The molecular formula is C19H25Cl3N2O. The van der Waals surface area contributed by atoms with Crippen LogP contribution in [0.15, 0.2) is 42.5 Å². The number of nitrogens with zero attached hydrogens (tertiary/aromatic N) is 1. The number of aryl methyl sites for hydroxylation is 1. The van der Waals surface area contributed by atoms with Gasteiger partial charge in [-0.3, -0.25) is 0 Å². The average Bonchev–Trinajstić information content (AvgIpc) is 2.57. The van der Waals surface area contributed by atoms with E-state index in [9.17, 15) is 5.11 Å². The van der Waals surface area contributed by atoms with Gasteiger partial charge in [0.15, 0.2) is 0 Å². The molecule has 3 nitrogen and oxygen atoms in total. The summed E-state index contributed by atoms with van der Waals surface area (Å²) in [5.41, 5.74) is 8.10. The number of hydrogen-bond acceptors (Lipinski definition) is 3. The van der Waals surface area contributed by atoms with E-state index in [2.05, 4.69) is 36.1 Å². The molecule has 0 saturated heterocycles. The number of rotatable bonds is 7. The molecule has 0 amide bonds. The van der Waals surface area contributed by atoms with Gasteiger partial charge in [0.25, 0.3) is 0 Å². The van der Waals surface area contributed by atoms with Crippen molar-refractivity contribution in [2.24, 2.45) is 0 Å². The van der Waals surface area contributed by atoms with E-state index in [1.807, 2.05) is 13.1 Å². The van der Waals surface area contributed by atoms with Crippen LogP contribution in [-0.2, 0) is 6.42 Å². The third kappa shape index (κ3) is 6.36. The van der Waals surface area contributed by atoms with Crippen molar-refractivity contribution < 1.29 is 5.11 Å². The van der Waals surface area contributed by atoms with E-state index in [-0.39, 0.29) is 12.4 Å². The van der Waals surface area contributed by atoms with Gasteiger partial charge in [-0.2, -0.15) is 0 Å². The van der Waals surface area contributed by atoms with E-state index in [4.69, 9.17) is 28.9 Å². The number of aliphatic hydroxyl groups excluding tert-OH is 1. The van der Waals surface area contributed by atoms with Gasteiger partial charge in [-0.1, -0.05) is 53.5 Å². The fraction of sp³-hybridized carbons (Fsp3) is 0.368. The molecule has 0 aliphatic carbocycles. The van der Waals surface area contributed by atoms with Crippen molar-refractivity contribution in [2.45, 2.75) is 31.9 Å². The Kier molecular flexibility index (Phi) is 9.04. The standard InChI is InChI=1S/C19H24Cl2N2O.ClH/c1-13(8-9-14-6-4-3-5-7-14)23(2)12-18(24)15-10-16(20)19(22)17(21)11-15;/h3-7,10-11,13,18,24H,8-9,12,22H2,1-2H3;1H. The van der Waals surface area contributed by atoms with E-state index in [0.29, 0.717) is 33.9 Å². The van der Waals surface area contributed by atoms with E-state index in [1.165, 1.54) is 5.56 Å².